The second-order valence-corrected chi connectivity index (χ2v) is 8.98. The first-order chi connectivity index (χ1) is 11.2. The molecule has 1 N–H and O–H groups in total. The van der Waals surface area contributed by atoms with Gasteiger partial charge in [0.05, 0.1) is 0 Å². The van der Waals surface area contributed by atoms with Crippen molar-refractivity contribution in [2.45, 2.75) is 45.1 Å². The smallest absolute Gasteiger partial charge is 0.204 e. The predicted molar refractivity (Wildman–Crippen MR) is 98.9 cm³/mol. The Bertz CT molecular complexity index is 612. The summed E-state index contributed by atoms with van der Waals surface area (Å²) < 4.78 is 14.0. The molecule has 0 bridgehead atoms. The largest absolute Gasteiger partial charge is 0.297 e. The average molecular weight is 327 g/mol. The Labute approximate surface area is 139 Å². The summed E-state index contributed by atoms with van der Waals surface area (Å²) in [5.74, 6) is 0.629. The molecule has 1 aliphatic carbocycles. The Kier molecular flexibility index (Phi) is 5.35. The van der Waals surface area contributed by atoms with E-state index in [0.717, 1.165) is 23.5 Å². The van der Waals surface area contributed by atoms with Crippen LogP contribution < -0.4 is 15.7 Å². The molecule has 2 nitrogen and oxygen atoms in total. The second kappa shape index (κ2) is 7.47. The number of benzene rings is 2. The number of nitrogens with one attached hydrogen (secondary N) is 1. The van der Waals surface area contributed by atoms with E-state index in [2.05, 4.69) is 12.0 Å². The summed E-state index contributed by atoms with van der Waals surface area (Å²) in [6, 6.07) is 20.2. The third-order valence-electron chi connectivity index (χ3n) is 5.02. The van der Waals surface area contributed by atoms with Gasteiger partial charge in [-0.05, 0) is 43.0 Å². The van der Waals surface area contributed by atoms with E-state index in [0.29, 0.717) is 12.0 Å². The van der Waals surface area contributed by atoms with Crippen molar-refractivity contribution >= 4 is 17.9 Å². The van der Waals surface area contributed by atoms with Gasteiger partial charge in [0.1, 0.15) is 0 Å². The highest BCUT2D eigenvalue weighted by Gasteiger charge is 2.33. The molecule has 0 unspecified atom stereocenters. The minimum Gasteiger partial charge on any atom is -0.297 e. The maximum atomic E-state index is 14.0. The molecule has 23 heavy (non-hydrogen) atoms. The molecule has 1 fully saturated rings. The number of rotatable bonds is 5. The van der Waals surface area contributed by atoms with Gasteiger partial charge in [0.25, 0.3) is 0 Å². The second-order valence-electron chi connectivity index (χ2n) is 6.47. The van der Waals surface area contributed by atoms with Gasteiger partial charge in [-0.2, -0.15) is 0 Å². The standard InChI is InChI=1S/C20H26NOP/c1-2-17-11-9-10-16-20(17)21-23(22,18-12-5-3-6-13-18)19-14-7-4-8-15-19/h3-8,12-15,17,20H,2,9-11,16H2,1H3,(H,21,22)/t17-,20-/m0/s1. The minimum absolute atomic E-state index is 0.347. The molecule has 3 heteroatoms. The Morgan fingerprint density at radius 1 is 0.913 bits per heavy atom. The maximum absolute atomic E-state index is 14.0. The van der Waals surface area contributed by atoms with Gasteiger partial charge in [-0.15, -0.1) is 0 Å². The molecule has 2 aromatic rings. The van der Waals surface area contributed by atoms with E-state index < -0.39 is 7.29 Å². The van der Waals surface area contributed by atoms with Gasteiger partial charge in [0.15, 0.2) is 0 Å². The zero-order valence-electron chi connectivity index (χ0n) is 13.8. The first kappa shape index (κ1) is 16.5. The summed E-state index contributed by atoms with van der Waals surface area (Å²) in [6.07, 6.45) is 6.07. The monoisotopic (exact) mass is 327 g/mol. The van der Waals surface area contributed by atoms with Gasteiger partial charge >= 0.3 is 0 Å². The molecular formula is C20H26NOP. The Morgan fingerprint density at radius 2 is 1.43 bits per heavy atom. The van der Waals surface area contributed by atoms with Crippen molar-refractivity contribution in [2.24, 2.45) is 5.92 Å². The topological polar surface area (TPSA) is 29.1 Å². The molecule has 0 amide bonds. The van der Waals surface area contributed by atoms with Gasteiger partial charge in [-0.1, -0.05) is 62.6 Å². The van der Waals surface area contributed by atoms with E-state index in [1.807, 2.05) is 60.7 Å². The summed E-state index contributed by atoms with van der Waals surface area (Å²) in [6.45, 7) is 2.25. The van der Waals surface area contributed by atoms with E-state index in [1.165, 1.54) is 19.3 Å². The molecule has 122 valence electrons. The first-order valence-corrected chi connectivity index (χ1v) is 10.4. The molecule has 3 rings (SSSR count). The fourth-order valence-electron chi connectivity index (χ4n) is 3.67. The van der Waals surface area contributed by atoms with Crippen LogP contribution >= 0.6 is 7.29 Å². The van der Waals surface area contributed by atoms with Crippen molar-refractivity contribution in [1.82, 2.24) is 5.09 Å². The molecule has 0 aliphatic heterocycles. The van der Waals surface area contributed by atoms with E-state index in [4.69, 9.17) is 0 Å². The highest BCUT2D eigenvalue weighted by Crippen LogP contribution is 2.42. The summed E-state index contributed by atoms with van der Waals surface area (Å²) in [4.78, 5) is 0. The molecule has 1 saturated carbocycles. The van der Waals surface area contributed by atoms with Crippen LogP contribution in [0.2, 0.25) is 0 Å². The number of hydrogen-bond acceptors (Lipinski definition) is 1. The summed E-state index contributed by atoms with van der Waals surface area (Å²) in [5.41, 5.74) is 0. The molecule has 0 radical (unpaired) electrons. The molecule has 0 spiro atoms. The highest BCUT2D eigenvalue weighted by molar-refractivity contribution is 7.76. The van der Waals surface area contributed by atoms with E-state index in [-0.39, 0.29) is 0 Å². The molecule has 2 atom stereocenters. The Balaban J connectivity index is 1.98. The summed E-state index contributed by atoms with van der Waals surface area (Å²) in [5, 5.41) is 5.44. The van der Waals surface area contributed by atoms with Crippen molar-refractivity contribution < 1.29 is 4.57 Å². The van der Waals surface area contributed by atoms with Gasteiger partial charge in [-0.25, -0.2) is 0 Å². The van der Waals surface area contributed by atoms with Gasteiger partial charge in [0, 0.05) is 16.7 Å². The van der Waals surface area contributed by atoms with E-state index >= 15 is 0 Å². The summed E-state index contributed by atoms with van der Waals surface area (Å²) >= 11 is 0. The average Bonchev–Trinajstić information content (AvgIpc) is 2.63. The molecule has 0 aromatic heterocycles. The molecule has 0 heterocycles. The summed E-state index contributed by atoms with van der Waals surface area (Å²) in [7, 11) is -2.79. The zero-order chi connectivity index (χ0) is 16.1. The van der Waals surface area contributed by atoms with Crippen molar-refractivity contribution in [3.63, 3.8) is 0 Å². The third-order valence-corrected chi connectivity index (χ3v) is 7.77. The van der Waals surface area contributed by atoms with Crippen molar-refractivity contribution in [3.8, 4) is 0 Å². The molecular weight excluding hydrogens is 301 g/mol. The normalized spacial score (nSPS) is 22.0. The molecule has 1 aliphatic rings. The lowest BCUT2D eigenvalue weighted by molar-refractivity contribution is 0.283. The van der Waals surface area contributed by atoms with Crippen LogP contribution in [0.25, 0.3) is 0 Å². The SMILES string of the molecule is CC[C@H]1CCCC[C@@H]1NP(=O)(c1ccccc1)c1ccccc1. The van der Waals surface area contributed by atoms with Crippen molar-refractivity contribution in [1.29, 1.82) is 0 Å². The third kappa shape index (κ3) is 3.59. The Morgan fingerprint density at radius 3 is 1.96 bits per heavy atom. The van der Waals surface area contributed by atoms with E-state index in [1.54, 1.807) is 0 Å². The van der Waals surface area contributed by atoms with Crippen LogP contribution in [0.4, 0.5) is 0 Å². The van der Waals surface area contributed by atoms with Crippen LogP contribution in [-0.2, 0) is 4.57 Å². The van der Waals surface area contributed by atoms with Gasteiger partial charge < -0.3 is 0 Å². The van der Waals surface area contributed by atoms with Crippen LogP contribution in [0.1, 0.15) is 39.0 Å². The van der Waals surface area contributed by atoms with Crippen LogP contribution in [0.15, 0.2) is 60.7 Å². The maximum Gasteiger partial charge on any atom is 0.204 e. The molecule has 2 aromatic carbocycles. The lowest BCUT2D eigenvalue weighted by Gasteiger charge is -2.35. The fourth-order valence-corrected chi connectivity index (χ4v) is 6.26. The van der Waals surface area contributed by atoms with Gasteiger partial charge in [-0.3, -0.25) is 9.65 Å². The van der Waals surface area contributed by atoms with Crippen LogP contribution in [0.5, 0.6) is 0 Å². The van der Waals surface area contributed by atoms with Crippen LogP contribution in [0, 0.1) is 5.92 Å². The van der Waals surface area contributed by atoms with Crippen LogP contribution in [0.3, 0.4) is 0 Å². The van der Waals surface area contributed by atoms with Crippen molar-refractivity contribution in [3.05, 3.63) is 60.7 Å². The van der Waals surface area contributed by atoms with E-state index in [9.17, 15) is 4.57 Å². The van der Waals surface area contributed by atoms with Gasteiger partial charge in [0.2, 0.25) is 7.29 Å². The predicted octanol–water partition coefficient (Wildman–Crippen LogP) is 4.47. The lowest BCUT2D eigenvalue weighted by Crippen LogP contribution is -2.41. The quantitative estimate of drug-likeness (QED) is 0.821. The Hall–Kier alpha value is -1.37. The van der Waals surface area contributed by atoms with Crippen molar-refractivity contribution in [2.75, 3.05) is 0 Å². The lowest BCUT2D eigenvalue weighted by atomic mass is 9.83. The van der Waals surface area contributed by atoms with Crippen LogP contribution in [-0.4, -0.2) is 6.04 Å². The zero-order valence-corrected chi connectivity index (χ0v) is 14.7. The molecule has 0 saturated heterocycles. The number of hydrogen-bond donors (Lipinski definition) is 1. The minimum atomic E-state index is -2.79. The highest BCUT2D eigenvalue weighted by atomic mass is 31.2. The fraction of sp³-hybridized carbons (Fsp3) is 0.400. The first-order valence-electron chi connectivity index (χ1n) is 8.73.